The van der Waals surface area contributed by atoms with E-state index in [-0.39, 0.29) is 25.7 Å². The molecule has 606 valence electrons. The van der Waals surface area contributed by atoms with E-state index in [4.69, 9.17) is 37.0 Å². The molecule has 0 spiro atoms. The van der Waals surface area contributed by atoms with E-state index in [0.29, 0.717) is 25.7 Å². The molecule has 0 aromatic carbocycles. The molecule has 0 fully saturated rings. The van der Waals surface area contributed by atoms with Crippen LogP contribution < -0.4 is 0 Å². The number of rotatable bonds is 83. The summed E-state index contributed by atoms with van der Waals surface area (Å²) in [5.74, 6) is -1.33. The number of ether oxygens (including phenoxy) is 4. The first-order valence-corrected chi connectivity index (χ1v) is 46.1. The first-order chi connectivity index (χ1) is 49.5. The molecule has 0 radical (unpaired) electrons. The SMILES string of the molecule is CCCCCCCCCCCCCCCCCCCCCCCC(=O)O[C@H](COC(=O)CCCCCCCCCCCCCCCCCCCCCC)COP(=O)(O)OC[C@@H](O)COP(=O)(O)OC[C@@H](COC(=O)CCCCCCC)OC(=O)CCCCCCCCCCCCCCCC(C)C. The van der Waals surface area contributed by atoms with Crippen molar-refractivity contribution in [3.05, 3.63) is 0 Å². The molecule has 5 atom stereocenters. The van der Waals surface area contributed by atoms with Crippen molar-refractivity contribution < 1.29 is 80.2 Å². The van der Waals surface area contributed by atoms with Crippen molar-refractivity contribution >= 4 is 39.5 Å². The van der Waals surface area contributed by atoms with Gasteiger partial charge in [0, 0.05) is 25.7 Å². The molecule has 0 aromatic heterocycles. The molecule has 0 rings (SSSR count). The second kappa shape index (κ2) is 75.9. The number of unbranched alkanes of at least 4 members (excludes halogenated alkanes) is 55. The van der Waals surface area contributed by atoms with Crippen molar-refractivity contribution in [3.8, 4) is 0 Å². The molecule has 2 unspecified atom stereocenters. The minimum absolute atomic E-state index is 0.107. The van der Waals surface area contributed by atoms with Crippen LogP contribution in [0.1, 0.15) is 446 Å². The summed E-state index contributed by atoms with van der Waals surface area (Å²) in [6.07, 6.45) is 68.6. The molecule has 102 heavy (non-hydrogen) atoms. The largest absolute Gasteiger partial charge is 0.472 e. The summed E-state index contributed by atoms with van der Waals surface area (Å²) >= 11 is 0. The zero-order valence-corrected chi connectivity index (χ0v) is 68.5. The van der Waals surface area contributed by atoms with E-state index in [2.05, 4.69) is 34.6 Å². The van der Waals surface area contributed by atoms with Crippen LogP contribution >= 0.6 is 15.6 Å². The Morgan fingerprint density at radius 2 is 0.451 bits per heavy atom. The van der Waals surface area contributed by atoms with Crippen molar-refractivity contribution in [3.63, 3.8) is 0 Å². The maximum absolute atomic E-state index is 13.1. The molecule has 0 aliphatic carbocycles. The second-order valence-corrected chi connectivity index (χ2v) is 33.3. The van der Waals surface area contributed by atoms with Gasteiger partial charge in [-0.05, 0) is 31.6 Å². The predicted octanol–water partition coefficient (Wildman–Crippen LogP) is 25.2. The number of esters is 4. The zero-order valence-electron chi connectivity index (χ0n) is 66.8. The van der Waals surface area contributed by atoms with Crippen LogP contribution in [0.3, 0.4) is 0 Å². The highest BCUT2D eigenvalue weighted by Gasteiger charge is 2.30. The first-order valence-electron chi connectivity index (χ1n) is 43.1. The summed E-state index contributed by atoms with van der Waals surface area (Å²) in [7, 11) is -9.91. The van der Waals surface area contributed by atoms with E-state index in [1.54, 1.807) is 0 Å². The Morgan fingerprint density at radius 3 is 0.667 bits per heavy atom. The lowest BCUT2D eigenvalue weighted by molar-refractivity contribution is -0.161. The maximum Gasteiger partial charge on any atom is 0.472 e. The quantitative estimate of drug-likeness (QED) is 0.0222. The average Bonchev–Trinajstić information content (AvgIpc) is 0.922. The lowest BCUT2D eigenvalue weighted by atomic mass is 10.0. The molecule has 17 nitrogen and oxygen atoms in total. The highest BCUT2D eigenvalue weighted by molar-refractivity contribution is 7.47. The molecule has 0 aliphatic rings. The average molecular weight is 1490 g/mol. The van der Waals surface area contributed by atoms with Crippen LogP contribution in [0.2, 0.25) is 0 Å². The van der Waals surface area contributed by atoms with Crippen LogP contribution in [0.5, 0.6) is 0 Å². The Labute approximate surface area is 626 Å². The van der Waals surface area contributed by atoms with Gasteiger partial charge in [-0.2, -0.15) is 0 Å². The highest BCUT2D eigenvalue weighted by Crippen LogP contribution is 2.45. The van der Waals surface area contributed by atoms with E-state index in [1.807, 2.05) is 0 Å². The first kappa shape index (κ1) is 100. The molecule has 0 heterocycles. The minimum Gasteiger partial charge on any atom is -0.462 e. The minimum atomic E-state index is -4.96. The topological polar surface area (TPSA) is 237 Å². The number of carbonyl (C=O) groups is 4. The third-order valence-corrected chi connectivity index (χ3v) is 21.4. The molecule has 0 saturated carbocycles. The predicted molar refractivity (Wildman–Crippen MR) is 418 cm³/mol. The van der Waals surface area contributed by atoms with Crippen LogP contribution in [0.4, 0.5) is 0 Å². The standard InChI is InChI=1S/C83H162O17P2/c1-6-9-12-15-17-19-21-23-25-27-29-31-33-35-37-41-45-49-53-58-63-69-83(88)100-79(73-94-81(86)67-62-57-52-48-44-40-36-34-32-30-28-26-24-22-20-18-16-13-10-7-2)75-98-102(91,92)96-71-77(84)70-95-101(89,90)97-74-78(72-93-80(85)66-61-55-14-11-8-3)99-82(87)68-64-59-54-50-46-42-38-39-43-47-51-56-60-65-76(4)5/h76-79,84H,6-75H2,1-5H3,(H,89,90)(H,91,92)/t77-,78+,79+/m0/s1. The van der Waals surface area contributed by atoms with Gasteiger partial charge in [0.05, 0.1) is 26.4 Å². The summed E-state index contributed by atoms with van der Waals surface area (Å²) in [5, 5.41) is 10.6. The third kappa shape index (κ3) is 76.3. The van der Waals surface area contributed by atoms with E-state index >= 15 is 0 Å². The van der Waals surface area contributed by atoms with Crippen molar-refractivity contribution in [2.45, 2.75) is 464 Å². The molecule has 0 bridgehead atoms. The normalized spacial score (nSPS) is 13.8. The van der Waals surface area contributed by atoms with Gasteiger partial charge in [-0.1, -0.05) is 394 Å². The lowest BCUT2D eigenvalue weighted by Crippen LogP contribution is -2.30. The van der Waals surface area contributed by atoms with Gasteiger partial charge < -0.3 is 33.8 Å². The van der Waals surface area contributed by atoms with Crippen LogP contribution in [-0.4, -0.2) is 96.7 Å². The summed E-state index contributed by atoms with van der Waals surface area (Å²) in [6.45, 7) is 7.26. The van der Waals surface area contributed by atoms with Crippen LogP contribution in [-0.2, 0) is 65.4 Å². The van der Waals surface area contributed by atoms with Crippen LogP contribution in [0.15, 0.2) is 0 Å². The van der Waals surface area contributed by atoms with Crippen molar-refractivity contribution in [2.75, 3.05) is 39.6 Å². The molecule has 0 aliphatic heterocycles. The smallest absolute Gasteiger partial charge is 0.462 e. The van der Waals surface area contributed by atoms with Gasteiger partial charge in [0.15, 0.2) is 12.2 Å². The van der Waals surface area contributed by atoms with Gasteiger partial charge in [0.25, 0.3) is 0 Å². The fourth-order valence-electron chi connectivity index (χ4n) is 12.9. The van der Waals surface area contributed by atoms with E-state index < -0.39 is 97.5 Å². The molecule has 0 aromatic rings. The number of phosphoric ester groups is 2. The number of hydrogen-bond acceptors (Lipinski definition) is 15. The molecule has 3 N–H and O–H groups in total. The molecule has 19 heteroatoms. The molecular formula is C83H162O17P2. The number of phosphoric acid groups is 2. The van der Waals surface area contributed by atoms with Gasteiger partial charge in [0.2, 0.25) is 0 Å². The Balaban J connectivity index is 5.11. The Hall–Kier alpha value is -1.94. The number of carbonyl (C=O) groups excluding carboxylic acids is 4. The van der Waals surface area contributed by atoms with Crippen molar-refractivity contribution in [1.82, 2.24) is 0 Å². The second-order valence-electron chi connectivity index (χ2n) is 30.3. The summed E-state index contributed by atoms with van der Waals surface area (Å²) in [5.41, 5.74) is 0. The summed E-state index contributed by atoms with van der Waals surface area (Å²) < 4.78 is 68.5. The van der Waals surface area contributed by atoms with E-state index in [1.165, 1.54) is 263 Å². The van der Waals surface area contributed by atoms with Crippen LogP contribution in [0, 0.1) is 5.92 Å². The fourth-order valence-corrected chi connectivity index (χ4v) is 14.5. The zero-order chi connectivity index (χ0) is 74.8. The van der Waals surface area contributed by atoms with Crippen molar-refractivity contribution in [1.29, 1.82) is 0 Å². The fraction of sp³-hybridized carbons (Fsp3) is 0.952. The van der Waals surface area contributed by atoms with Gasteiger partial charge in [0.1, 0.15) is 19.3 Å². The van der Waals surface area contributed by atoms with Crippen molar-refractivity contribution in [2.24, 2.45) is 5.92 Å². The number of aliphatic hydroxyl groups excluding tert-OH is 1. The number of hydrogen-bond donors (Lipinski definition) is 3. The molecule has 0 saturated heterocycles. The van der Waals surface area contributed by atoms with E-state index in [0.717, 1.165) is 102 Å². The maximum atomic E-state index is 13.1. The third-order valence-electron chi connectivity index (χ3n) is 19.5. The Kier molecular flexibility index (Phi) is 74.4. The number of aliphatic hydroxyl groups is 1. The van der Waals surface area contributed by atoms with E-state index in [9.17, 15) is 43.2 Å². The van der Waals surface area contributed by atoms with Gasteiger partial charge in [-0.15, -0.1) is 0 Å². The Bertz CT molecular complexity index is 1940. The lowest BCUT2D eigenvalue weighted by Gasteiger charge is -2.21. The summed E-state index contributed by atoms with van der Waals surface area (Å²) in [6, 6.07) is 0. The Morgan fingerprint density at radius 1 is 0.265 bits per heavy atom. The molecule has 0 amide bonds. The van der Waals surface area contributed by atoms with Gasteiger partial charge in [-0.25, -0.2) is 9.13 Å². The highest BCUT2D eigenvalue weighted by atomic mass is 31.2. The monoisotopic (exact) mass is 1490 g/mol. The molecular weight excluding hydrogens is 1330 g/mol. The van der Waals surface area contributed by atoms with Gasteiger partial charge in [-0.3, -0.25) is 37.3 Å². The van der Waals surface area contributed by atoms with Gasteiger partial charge >= 0.3 is 39.5 Å². The summed E-state index contributed by atoms with van der Waals surface area (Å²) in [4.78, 5) is 72.8. The van der Waals surface area contributed by atoms with Crippen LogP contribution in [0.25, 0.3) is 0 Å².